The first-order chi connectivity index (χ1) is 12.5. The quantitative estimate of drug-likeness (QED) is 0.686. The number of hydrogen-bond donors (Lipinski definition) is 0. The second kappa shape index (κ2) is 8.31. The van der Waals surface area contributed by atoms with Gasteiger partial charge >= 0.3 is 0 Å². The Bertz CT molecular complexity index is 811. The second-order valence-electron chi connectivity index (χ2n) is 6.96. The Labute approximate surface area is 165 Å². The molecule has 136 valence electrons. The van der Waals surface area contributed by atoms with Crippen LogP contribution in [-0.2, 0) is 11.5 Å². The first-order valence-corrected chi connectivity index (χ1v) is 10.7. The van der Waals surface area contributed by atoms with Crippen molar-refractivity contribution in [3.63, 3.8) is 0 Å². The van der Waals surface area contributed by atoms with Crippen molar-refractivity contribution < 1.29 is 0 Å². The van der Waals surface area contributed by atoms with E-state index in [4.69, 9.17) is 9.98 Å². The maximum Gasteiger partial charge on any atom is 0.185 e. The van der Waals surface area contributed by atoms with Gasteiger partial charge in [-0.3, -0.25) is 0 Å². The average Bonchev–Trinajstić information content (AvgIpc) is 2.93. The lowest BCUT2D eigenvalue weighted by molar-refractivity contribution is 0.728. The molecule has 5 heteroatoms. The van der Waals surface area contributed by atoms with Crippen molar-refractivity contribution in [3.05, 3.63) is 65.7 Å². The van der Waals surface area contributed by atoms with Crippen LogP contribution < -0.4 is 4.90 Å². The summed E-state index contributed by atoms with van der Waals surface area (Å²) < 4.78 is 0. The standard InChI is InChI=1S/C21H25N3S2/c1-21(2)19(25-15-17-12-8-9-13-18(17)24(3)4)22-20(23-21)26-14-16-10-6-5-7-11-16/h5-13H,14-15H2,1-4H3. The third-order valence-electron chi connectivity index (χ3n) is 4.14. The summed E-state index contributed by atoms with van der Waals surface area (Å²) in [6.07, 6.45) is 0. The minimum Gasteiger partial charge on any atom is -0.377 e. The van der Waals surface area contributed by atoms with Crippen LogP contribution in [0.2, 0.25) is 0 Å². The highest BCUT2D eigenvalue weighted by Crippen LogP contribution is 2.33. The molecular weight excluding hydrogens is 358 g/mol. The molecule has 0 fully saturated rings. The fourth-order valence-corrected chi connectivity index (χ4v) is 4.83. The predicted octanol–water partition coefficient (Wildman–Crippen LogP) is 5.47. The number of nitrogens with zero attached hydrogens (tertiary/aromatic N) is 3. The molecule has 0 unspecified atom stereocenters. The van der Waals surface area contributed by atoms with Gasteiger partial charge in [0.2, 0.25) is 0 Å². The summed E-state index contributed by atoms with van der Waals surface area (Å²) in [5.41, 5.74) is 3.65. The largest absolute Gasteiger partial charge is 0.377 e. The summed E-state index contributed by atoms with van der Waals surface area (Å²) in [4.78, 5) is 11.8. The Hall–Kier alpha value is -1.72. The second-order valence-corrected chi connectivity index (χ2v) is 8.86. The van der Waals surface area contributed by atoms with E-state index in [2.05, 4.69) is 81.4 Å². The van der Waals surface area contributed by atoms with Crippen LogP contribution in [0.1, 0.15) is 25.0 Å². The maximum absolute atomic E-state index is 4.83. The van der Waals surface area contributed by atoms with Crippen molar-refractivity contribution in [1.29, 1.82) is 0 Å². The maximum atomic E-state index is 4.83. The van der Waals surface area contributed by atoms with Crippen LogP contribution in [0.25, 0.3) is 0 Å². The van der Waals surface area contributed by atoms with Crippen LogP contribution in [0, 0.1) is 0 Å². The molecule has 0 saturated carbocycles. The molecule has 1 aliphatic rings. The molecule has 0 spiro atoms. The number of rotatable bonds is 5. The van der Waals surface area contributed by atoms with Crippen molar-refractivity contribution in [3.8, 4) is 0 Å². The van der Waals surface area contributed by atoms with Gasteiger partial charge < -0.3 is 4.90 Å². The zero-order chi connectivity index (χ0) is 18.6. The molecule has 0 aliphatic carbocycles. The Morgan fingerprint density at radius 2 is 1.58 bits per heavy atom. The molecule has 26 heavy (non-hydrogen) atoms. The molecule has 2 aromatic rings. The number of para-hydroxylation sites is 1. The SMILES string of the molecule is CN(C)c1ccccc1CSC1=NC(SCc2ccccc2)=NC1(C)C. The van der Waals surface area contributed by atoms with Gasteiger partial charge in [-0.15, -0.1) is 11.8 Å². The molecule has 0 aromatic heterocycles. The zero-order valence-corrected chi connectivity index (χ0v) is 17.4. The van der Waals surface area contributed by atoms with Gasteiger partial charge in [0.1, 0.15) is 10.6 Å². The molecule has 0 radical (unpaired) electrons. The van der Waals surface area contributed by atoms with Crippen molar-refractivity contribution in [2.45, 2.75) is 30.9 Å². The zero-order valence-electron chi connectivity index (χ0n) is 15.8. The molecule has 3 nitrogen and oxygen atoms in total. The van der Waals surface area contributed by atoms with Crippen molar-refractivity contribution >= 4 is 39.4 Å². The first-order valence-electron chi connectivity index (χ1n) is 8.69. The van der Waals surface area contributed by atoms with E-state index in [9.17, 15) is 0 Å². The summed E-state index contributed by atoms with van der Waals surface area (Å²) in [6, 6.07) is 19.0. The van der Waals surface area contributed by atoms with Crippen molar-refractivity contribution in [2.75, 3.05) is 19.0 Å². The highest BCUT2D eigenvalue weighted by Gasteiger charge is 2.31. The summed E-state index contributed by atoms with van der Waals surface area (Å²) in [7, 11) is 4.17. The molecular formula is C21H25N3S2. The molecule has 3 rings (SSSR count). The highest BCUT2D eigenvalue weighted by molar-refractivity contribution is 8.15. The van der Waals surface area contributed by atoms with Crippen LogP contribution >= 0.6 is 23.5 Å². The lowest BCUT2D eigenvalue weighted by Crippen LogP contribution is -2.23. The van der Waals surface area contributed by atoms with E-state index in [0.29, 0.717) is 0 Å². The monoisotopic (exact) mass is 383 g/mol. The van der Waals surface area contributed by atoms with Gasteiger partial charge in [-0.2, -0.15) is 0 Å². The van der Waals surface area contributed by atoms with Gasteiger partial charge in [-0.05, 0) is 31.0 Å². The van der Waals surface area contributed by atoms with Gasteiger partial charge in [-0.1, -0.05) is 60.3 Å². The van der Waals surface area contributed by atoms with E-state index >= 15 is 0 Å². The lowest BCUT2D eigenvalue weighted by Gasteiger charge is -2.19. The molecule has 1 heterocycles. The number of thioether (sulfide) groups is 2. The Morgan fingerprint density at radius 1 is 0.885 bits per heavy atom. The van der Waals surface area contributed by atoms with Crippen molar-refractivity contribution in [2.24, 2.45) is 9.98 Å². The van der Waals surface area contributed by atoms with Gasteiger partial charge in [-0.25, -0.2) is 9.98 Å². The first kappa shape index (κ1) is 19.1. The topological polar surface area (TPSA) is 28.0 Å². The number of hydrogen-bond acceptors (Lipinski definition) is 5. The van der Waals surface area contributed by atoms with Crippen LogP contribution in [0.3, 0.4) is 0 Å². The molecule has 0 N–H and O–H groups in total. The Morgan fingerprint density at radius 3 is 2.31 bits per heavy atom. The molecule has 2 aromatic carbocycles. The fraction of sp³-hybridized carbons (Fsp3) is 0.333. The fourth-order valence-electron chi connectivity index (χ4n) is 2.75. The van der Waals surface area contributed by atoms with E-state index in [1.807, 2.05) is 6.07 Å². The molecule has 0 amide bonds. The number of anilines is 1. The average molecular weight is 384 g/mol. The summed E-state index contributed by atoms with van der Waals surface area (Å²) in [5.74, 6) is 1.81. The van der Waals surface area contributed by atoms with E-state index in [1.54, 1.807) is 23.5 Å². The number of aliphatic imine (C=N–C) groups is 2. The molecule has 0 saturated heterocycles. The number of benzene rings is 2. The van der Waals surface area contributed by atoms with Crippen LogP contribution in [0.4, 0.5) is 5.69 Å². The minimum absolute atomic E-state index is 0.239. The van der Waals surface area contributed by atoms with E-state index < -0.39 is 0 Å². The van der Waals surface area contributed by atoms with Crippen LogP contribution in [-0.4, -0.2) is 29.8 Å². The van der Waals surface area contributed by atoms with E-state index in [0.717, 1.165) is 21.7 Å². The highest BCUT2D eigenvalue weighted by atomic mass is 32.2. The van der Waals surface area contributed by atoms with Gasteiger partial charge in [0.05, 0.1) is 0 Å². The molecule has 1 aliphatic heterocycles. The van der Waals surface area contributed by atoms with Gasteiger partial charge in [0.25, 0.3) is 0 Å². The summed E-state index contributed by atoms with van der Waals surface area (Å²) in [5, 5.41) is 1.99. The third kappa shape index (κ3) is 4.71. The molecule has 0 bridgehead atoms. The van der Waals surface area contributed by atoms with Crippen LogP contribution in [0.5, 0.6) is 0 Å². The van der Waals surface area contributed by atoms with Gasteiger partial charge in [0, 0.05) is 31.3 Å². The normalized spacial score (nSPS) is 15.5. The third-order valence-corrected chi connectivity index (χ3v) is 6.38. The number of amidine groups is 1. The Balaban J connectivity index is 1.65. The summed E-state index contributed by atoms with van der Waals surface area (Å²) in [6.45, 7) is 4.29. The van der Waals surface area contributed by atoms with Crippen LogP contribution in [0.15, 0.2) is 64.6 Å². The van der Waals surface area contributed by atoms with Crippen molar-refractivity contribution in [1.82, 2.24) is 0 Å². The summed E-state index contributed by atoms with van der Waals surface area (Å²) >= 11 is 3.51. The van der Waals surface area contributed by atoms with Gasteiger partial charge in [0.15, 0.2) is 5.17 Å². The lowest BCUT2D eigenvalue weighted by atomic mass is 10.1. The van der Waals surface area contributed by atoms with E-state index in [1.165, 1.54) is 16.8 Å². The van der Waals surface area contributed by atoms with E-state index in [-0.39, 0.29) is 5.54 Å². The smallest absolute Gasteiger partial charge is 0.185 e. The molecule has 0 atom stereocenters. The Kier molecular flexibility index (Phi) is 6.09. The minimum atomic E-state index is -0.239. The predicted molar refractivity (Wildman–Crippen MR) is 119 cm³/mol.